The van der Waals surface area contributed by atoms with E-state index in [-0.39, 0.29) is 11.9 Å². The van der Waals surface area contributed by atoms with Gasteiger partial charge in [-0.15, -0.1) is 0 Å². The Hall–Kier alpha value is -2.07. The lowest BCUT2D eigenvalue weighted by Gasteiger charge is -2.09. The molecule has 1 unspecified atom stereocenters. The predicted molar refractivity (Wildman–Crippen MR) is 80.4 cm³/mol. The highest BCUT2D eigenvalue weighted by molar-refractivity contribution is 6.31. The third-order valence-corrected chi connectivity index (χ3v) is 3.32. The molecule has 0 aliphatic rings. The van der Waals surface area contributed by atoms with Gasteiger partial charge in [-0.25, -0.2) is 4.98 Å². The van der Waals surface area contributed by atoms with Crippen molar-refractivity contribution in [2.75, 3.05) is 0 Å². The van der Waals surface area contributed by atoms with Gasteiger partial charge in [0.1, 0.15) is 5.82 Å². The molecule has 0 radical (unpaired) electrons. The van der Waals surface area contributed by atoms with Crippen LogP contribution in [0.3, 0.4) is 0 Å². The lowest BCUT2D eigenvalue weighted by molar-refractivity contribution is -0.117. The van der Waals surface area contributed by atoms with E-state index in [9.17, 15) is 4.79 Å². The second-order valence-electron chi connectivity index (χ2n) is 4.55. The first-order valence-corrected chi connectivity index (χ1v) is 6.68. The van der Waals surface area contributed by atoms with Crippen LogP contribution in [0, 0.1) is 6.92 Å². The van der Waals surface area contributed by atoms with Crippen LogP contribution < -0.4 is 5.32 Å². The molecule has 0 spiro atoms. The molecule has 4 nitrogen and oxygen atoms in total. The molecule has 5 heteroatoms. The minimum atomic E-state index is -0.175. The number of carbonyl (C=O) groups is 1. The largest absolute Gasteiger partial charge is 0.347 e. The zero-order chi connectivity index (χ0) is 14.5. The molecule has 2 N–H and O–H groups in total. The summed E-state index contributed by atoms with van der Waals surface area (Å²) in [6.07, 6.45) is 6.60. The Bertz CT molecular complexity index is 620. The molecule has 1 aromatic carbocycles. The van der Waals surface area contributed by atoms with Crippen LogP contribution in [0.15, 0.2) is 36.7 Å². The van der Waals surface area contributed by atoms with Gasteiger partial charge < -0.3 is 10.3 Å². The summed E-state index contributed by atoms with van der Waals surface area (Å²) in [4.78, 5) is 18.9. The average molecular weight is 290 g/mol. The van der Waals surface area contributed by atoms with Gasteiger partial charge in [-0.05, 0) is 37.1 Å². The number of nitrogens with zero attached hydrogens (tertiary/aromatic N) is 1. The summed E-state index contributed by atoms with van der Waals surface area (Å²) in [5.74, 6) is 0.552. The number of imidazole rings is 1. The Kier molecular flexibility index (Phi) is 4.58. The van der Waals surface area contributed by atoms with E-state index in [0.29, 0.717) is 5.02 Å². The van der Waals surface area contributed by atoms with Crippen molar-refractivity contribution in [2.24, 2.45) is 0 Å². The van der Waals surface area contributed by atoms with Gasteiger partial charge in [0.15, 0.2) is 0 Å². The van der Waals surface area contributed by atoms with E-state index in [1.165, 1.54) is 6.08 Å². The van der Waals surface area contributed by atoms with Gasteiger partial charge in [0.25, 0.3) is 0 Å². The number of aryl methyl sites for hydroxylation is 1. The van der Waals surface area contributed by atoms with Crippen molar-refractivity contribution in [3.8, 4) is 0 Å². The van der Waals surface area contributed by atoms with Crippen molar-refractivity contribution < 1.29 is 4.79 Å². The summed E-state index contributed by atoms with van der Waals surface area (Å²) >= 11 is 6.03. The third-order valence-electron chi connectivity index (χ3n) is 2.91. The number of aromatic nitrogens is 2. The Morgan fingerprint density at radius 1 is 1.50 bits per heavy atom. The maximum Gasteiger partial charge on any atom is 0.244 e. The minimum Gasteiger partial charge on any atom is -0.347 e. The van der Waals surface area contributed by atoms with Gasteiger partial charge in [0, 0.05) is 23.5 Å². The topological polar surface area (TPSA) is 57.8 Å². The van der Waals surface area contributed by atoms with Crippen molar-refractivity contribution in [1.82, 2.24) is 15.3 Å². The summed E-state index contributed by atoms with van der Waals surface area (Å²) in [6, 6.07) is 5.51. The molecule has 0 fully saturated rings. The van der Waals surface area contributed by atoms with E-state index in [2.05, 4.69) is 15.3 Å². The number of amides is 1. The molecule has 2 rings (SSSR count). The molecule has 2 aromatic rings. The Morgan fingerprint density at radius 3 is 2.95 bits per heavy atom. The van der Waals surface area contributed by atoms with Crippen molar-refractivity contribution in [2.45, 2.75) is 19.9 Å². The quantitative estimate of drug-likeness (QED) is 0.849. The number of rotatable bonds is 4. The van der Waals surface area contributed by atoms with Crippen molar-refractivity contribution in [1.29, 1.82) is 0 Å². The molecule has 1 amide bonds. The first-order chi connectivity index (χ1) is 9.56. The average Bonchev–Trinajstić information content (AvgIpc) is 2.94. The summed E-state index contributed by atoms with van der Waals surface area (Å²) < 4.78 is 0. The lowest BCUT2D eigenvalue weighted by Crippen LogP contribution is -2.25. The maximum atomic E-state index is 11.8. The second kappa shape index (κ2) is 6.39. The molecule has 0 saturated carbocycles. The van der Waals surface area contributed by atoms with Crippen LogP contribution in [0.2, 0.25) is 5.02 Å². The van der Waals surface area contributed by atoms with Crippen LogP contribution in [-0.2, 0) is 4.79 Å². The first-order valence-electron chi connectivity index (χ1n) is 6.30. The number of hydrogen-bond acceptors (Lipinski definition) is 2. The molecular weight excluding hydrogens is 274 g/mol. The number of nitrogens with one attached hydrogen (secondary N) is 2. The Labute approximate surface area is 122 Å². The Morgan fingerprint density at radius 2 is 2.30 bits per heavy atom. The van der Waals surface area contributed by atoms with Gasteiger partial charge >= 0.3 is 0 Å². The molecule has 20 heavy (non-hydrogen) atoms. The number of H-pyrrole nitrogens is 1. The van der Waals surface area contributed by atoms with E-state index < -0.39 is 0 Å². The second-order valence-corrected chi connectivity index (χ2v) is 4.95. The Balaban J connectivity index is 1.97. The number of carbonyl (C=O) groups excluding carboxylic acids is 1. The summed E-state index contributed by atoms with van der Waals surface area (Å²) in [5, 5.41) is 3.52. The van der Waals surface area contributed by atoms with Crippen LogP contribution in [0.4, 0.5) is 0 Å². The van der Waals surface area contributed by atoms with E-state index in [1.54, 1.807) is 18.5 Å². The molecule has 0 aliphatic carbocycles. The van der Waals surface area contributed by atoms with Gasteiger partial charge in [-0.3, -0.25) is 4.79 Å². The van der Waals surface area contributed by atoms with E-state index >= 15 is 0 Å². The molecule has 0 saturated heterocycles. The predicted octanol–water partition coefficient (Wildman–Crippen LogP) is 3.26. The zero-order valence-corrected chi connectivity index (χ0v) is 12.1. The highest BCUT2D eigenvalue weighted by atomic mass is 35.5. The van der Waals surface area contributed by atoms with E-state index in [1.807, 2.05) is 32.0 Å². The summed E-state index contributed by atoms with van der Waals surface area (Å²) in [6.45, 7) is 3.81. The van der Waals surface area contributed by atoms with Gasteiger partial charge in [-0.2, -0.15) is 0 Å². The van der Waals surface area contributed by atoms with Crippen LogP contribution in [0.25, 0.3) is 6.08 Å². The highest BCUT2D eigenvalue weighted by Crippen LogP contribution is 2.17. The number of hydrogen-bond donors (Lipinski definition) is 2. The van der Waals surface area contributed by atoms with Crippen LogP contribution in [-0.4, -0.2) is 15.9 Å². The van der Waals surface area contributed by atoms with Crippen molar-refractivity contribution in [3.63, 3.8) is 0 Å². The van der Waals surface area contributed by atoms with E-state index in [4.69, 9.17) is 11.6 Å². The molecule has 1 heterocycles. The van der Waals surface area contributed by atoms with Gasteiger partial charge in [0.2, 0.25) is 5.91 Å². The standard InChI is InChI=1S/C15H16ClN3O/c1-10-3-4-12(9-13(10)16)5-6-14(20)19-11(2)15-17-7-8-18-15/h3-9,11H,1-2H3,(H,17,18)(H,19,20)/b6-5+. The zero-order valence-electron chi connectivity index (χ0n) is 11.4. The summed E-state index contributed by atoms with van der Waals surface area (Å²) in [7, 11) is 0. The molecular formula is C15H16ClN3O. The van der Waals surface area contributed by atoms with E-state index in [0.717, 1.165) is 17.0 Å². The SMILES string of the molecule is Cc1ccc(/C=C/C(=O)NC(C)c2ncc[nH]2)cc1Cl. The molecule has 0 aliphatic heterocycles. The number of aromatic amines is 1. The number of benzene rings is 1. The molecule has 104 valence electrons. The van der Waals surface area contributed by atoms with Crippen molar-refractivity contribution >= 4 is 23.6 Å². The lowest BCUT2D eigenvalue weighted by atomic mass is 10.1. The molecule has 0 bridgehead atoms. The monoisotopic (exact) mass is 289 g/mol. The fraction of sp³-hybridized carbons (Fsp3) is 0.200. The smallest absolute Gasteiger partial charge is 0.244 e. The number of halogens is 1. The van der Waals surface area contributed by atoms with Gasteiger partial charge in [0.05, 0.1) is 6.04 Å². The molecule has 1 atom stereocenters. The van der Waals surface area contributed by atoms with Crippen molar-refractivity contribution in [3.05, 3.63) is 58.6 Å². The normalized spacial score (nSPS) is 12.6. The maximum absolute atomic E-state index is 11.8. The van der Waals surface area contributed by atoms with Crippen LogP contribution in [0.5, 0.6) is 0 Å². The van der Waals surface area contributed by atoms with Gasteiger partial charge in [-0.1, -0.05) is 23.7 Å². The van der Waals surface area contributed by atoms with Crippen LogP contribution in [0.1, 0.15) is 29.9 Å². The minimum absolute atomic E-state index is 0.163. The third kappa shape index (κ3) is 3.71. The fourth-order valence-corrected chi connectivity index (χ4v) is 1.92. The fourth-order valence-electron chi connectivity index (χ4n) is 1.73. The highest BCUT2D eigenvalue weighted by Gasteiger charge is 2.08. The van der Waals surface area contributed by atoms with Crippen LogP contribution >= 0.6 is 11.6 Å². The molecule has 1 aromatic heterocycles. The first kappa shape index (κ1) is 14.3. The summed E-state index contributed by atoms with van der Waals surface area (Å²) in [5.41, 5.74) is 1.90.